The fraction of sp³-hybridized carbons (Fsp3) is 0.336. The van der Waals surface area contributed by atoms with Crippen molar-refractivity contribution in [3.05, 3.63) is 243 Å². The van der Waals surface area contributed by atoms with Crippen LogP contribution in [0.15, 0.2) is 243 Å². The van der Waals surface area contributed by atoms with Gasteiger partial charge in [-0.05, 0) is 201 Å². The van der Waals surface area contributed by atoms with Crippen molar-refractivity contribution in [3.8, 4) is 45.0 Å². The topological polar surface area (TPSA) is 410 Å². The Hall–Kier alpha value is -16.4. The molecule has 1 aliphatic carbocycles. The Morgan fingerprint density at radius 2 is 0.558 bits per heavy atom. The van der Waals surface area contributed by atoms with Crippen LogP contribution in [0, 0.1) is 11.8 Å². The Bertz CT molecular complexity index is 6400. The minimum absolute atomic E-state index is 0.0150. The number of rotatable bonds is 31. The summed E-state index contributed by atoms with van der Waals surface area (Å²) in [5.74, 6) is 3.06. The zero-order chi connectivity index (χ0) is 103. The molecule has 37 nitrogen and oxygen atoms in total. The van der Waals surface area contributed by atoms with Gasteiger partial charge in [-0.15, -0.1) is 0 Å². The normalized spacial score (nSPS) is 14.6. The molecule has 37 heteroatoms. The van der Waals surface area contributed by atoms with Crippen molar-refractivity contribution in [3.63, 3.8) is 0 Å². The number of aromatic nitrogens is 8. The number of piperidine rings is 1. The molecular formula is C110H127N25O12. The van der Waals surface area contributed by atoms with E-state index in [0.29, 0.717) is 101 Å². The standard InChI is InChI=1S/C30H35N7O3.C27H32N6O4.C27H30N6O2.C26H30N6O3/c1-21(38)32-25-5-3-23(4-6-25)28-11-14-31-30(34-28)33-26-7-9-27(10-8-26)36-17-19-37(20-18-36)29(40)24-12-15-35(16-13-24)22(2)39;1-20(34)29-22-5-3-21(4-6-22)25-11-12-28-27(31-25)30-23-7-9-24(10-8-23)32-13-15-33(16-14-32)26(35)19-37-18-17-36-2;1-19(34)29-22-6-4-21(5-7-22)25-12-13-28-27(31-25)30-23-8-10-24(11-9-23)32-14-16-33(17-15-32)26(35)18-20-2-3-20;1-19(33)28-21-5-3-20(4-6-21)24-11-13-27-26(30-24)29-22-7-9-23(10-8-22)31-14-16-32(17-15-31)25(34)12-18-35-2/h3-11,14,24H,12-13,15-20H2,1-2H3,(H,32,38)(H,31,33,34);3-12H,13-19H2,1-2H3,(H,29,34)(H,28,30,31);4-13,20H,2-3,14-18H2,1H3,(H,29,34)(H,28,30,31);3-11,13H,12,14-18H2,1-2H3,(H,28,33)(H,27,29,30). The Morgan fingerprint density at radius 1 is 0.286 bits per heavy atom. The molecule has 9 amide bonds. The maximum absolute atomic E-state index is 13.0. The highest BCUT2D eigenvalue weighted by atomic mass is 16.5. The molecule has 0 atom stereocenters. The summed E-state index contributed by atoms with van der Waals surface area (Å²) < 4.78 is 15.3. The number of likely N-dealkylation sites (tertiary alicyclic amines) is 1. The third kappa shape index (κ3) is 31.5. The van der Waals surface area contributed by atoms with Crippen molar-refractivity contribution in [2.24, 2.45) is 11.8 Å². The van der Waals surface area contributed by atoms with Crippen LogP contribution in [0.2, 0.25) is 0 Å². The molecular weight excluding hydrogens is 1860 g/mol. The van der Waals surface area contributed by atoms with Gasteiger partial charge < -0.3 is 101 Å². The van der Waals surface area contributed by atoms with Crippen LogP contribution in [0.1, 0.15) is 73.1 Å². The minimum Gasteiger partial charge on any atom is -0.384 e. The molecule has 8 N–H and O–H groups in total. The lowest BCUT2D eigenvalue weighted by atomic mass is 9.95. The van der Waals surface area contributed by atoms with Gasteiger partial charge in [0.25, 0.3) is 0 Å². The first-order chi connectivity index (χ1) is 71.4. The Morgan fingerprint density at radius 3 is 0.830 bits per heavy atom. The molecule has 0 bridgehead atoms. The van der Waals surface area contributed by atoms with Crippen LogP contribution < -0.4 is 62.1 Å². The second-order valence-electron chi connectivity index (χ2n) is 36.4. The minimum atomic E-state index is -0.108. The summed E-state index contributed by atoms with van der Waals surface area (Å²) in [5, 5.41) is 24.1. The van der Waals surface area contributed by atoms with E-state index in [2.05, 4.69) is 151 Å². The number of amides is 9. The van der Waals surface area contributed by atoms with Crippen LogP contribution in [0.3, 0.4) is 0 Å². The highest BCUT2D eigenvalue weighted by Crippen LogP contribution is 2.35. The molecule has 9 heterocycles. The molecule has 18 rings (SSSR count). The summed E-state index contributed by atoms with van der Waals surface area (Å²) in [6, 6.07) is 70.1. The number of piperazine rings is 4. The van der Waals surface area contributed by atoms with E-state index in [-0.39, 0.29) is 59.8 Å². The van der Waals surface area contributed by atoms with Crippen LogP contribution in [-0.2, 0) is 57.4 Å². The van der Waals surface area contributed by atoms with E-state index in [1.54, 1.807) is 45.9 Å². The largest absolute Gasteiger partial charge is 0.384 e. The van der Waals surface area contributed by atoms with E-state index >= 15 is 0 Å². The maximum atomic E-state index is 13.0. The molecule has 764 valence electrons. The van der Waals surface area contributed by atoms with Crippen LogP contribution in [0.5, 0.6) is 0 Å². The SMILES string of the molecule is CC(=O)Nc1ccc(-c2ccnc(Nc3ccc(N4CCN(C(=O)C5CCN(C(C)=O)CC5)CC4)cc3)n2)cc1.CC(=O)Nc1ccc(-c2ccnc(Nc3ccc(N4CCN(C(=O)CC5CC5)CC4)cc3)n2)cc1.COCCC(=O)N1CCN(c2ccc(Nc3nccc(-c4ccc(NC(C)=O)cc4)n3)cc2)CC1.COCCOCC(=O)N1CCN(c2ccc(Nc3nccc(-c4ccc(NC(C)=O)cc4)n3)cc2)CC1. The molecule has 0 radical (unpaired) electrons. The van der Waals surface area contributed by atoms with Crippen molar-refractivity contribution >= 4 is 145 Å². The molecule has 12 aromatic rings. The molecule has 6 aliphatic rings. The van der Waals surface area contributed by atoms with Gasteiger partial charge in [0.15, 0.2) is 0 Å². The molecule has 147 heavy (non-hydrogen) atoms. The van der Waals surface area contributed by atoms with Gasteiger partial charge in [0.05, 0.1) is 49.0 Å². The first kappa shape index (κ1) is 105. The lowest BCUT2D eigenvalue weighted by Crippen LogP contribution is -2.52. The third-order valence-electron chi connectivity index (χ3n) is 25.7. The quantitative estimate of drug-likeness (QED) is 0.0187. The van der Waals surface area contributed by atoms with Gasteiger partial charge in [-0.3, -0.25) is 43.2 Å². The van der Waals surface area contributed by atoms with Gasteiger partial charge in [0, 0.05) is 294 Å². The van der Waals surface area contributed by atoms with Crippen molar-refractivity contribution in [2.45, 2.75) is 73.1 Å². The maximum Gasteiger partial charge on any atom is 0.248 e. The van der Waals surface area contributed by atoms with E-state index in [0.717, 1.165) is 211 Å². The Labute approximate surface area is 856 Å². The summed E-state index contributed by atoms with van der Waals surface area (Å²) in [5.41, 5.74) is 17.9. The molecule has 1 saturated carbocycles. The lowest BCUT2D eigenvalue weighted by molar-refractivity contribution is -0.140. The fourth-order valence-electron chi connectivity index (χ4n) is 17.5. The van der Waals surface area contributed by atoms with E-state index in [1.165, 1.54) is 40.5 Å². The van der Waals surface area contributed by atoms with E-state index in [4.69, 9.17) is 14.2 Å². The first-order valence-corrected chi connectivity index (χ1v) is 49.7. The van der Waals surface area contributed by atoms with E-state index in [9.17, 15) is 43.2 Å². The van der Waals surface area contributed by atoms with Crippen molar-refractivity contribution in [1.29, 1.82) is 0 Å². The smallest absolute Gasteiger partial charge is 0.248 e. The fourth-order valence-corrected chi connectivity index (χ4v) is 17.5. The first-order valence-electron chi connectivity index (χ1n) is 49.7. The number of hydrogen-bond acceptors (Lipinski definition) is 28. The van der Waals surface area contributed by atoms with Crippen molar-refractivity contribution < 1.29 is 57.4 Å². The van der Waals surface area contributed by atoms with Crippen LogP contribution >= 0.6 is 0 Å². The van der Waals surface area contributed by atoms with Gasteiger partial charge in [-0.1, -0.05) is 48.5 Å². The lowest BCUT2D eigenvalue weighted by Gasteiger charge is -2.39. The number of hydrogen-bond donors (Lipinski definition) is 8. The highest BCUT2D eigenvalue weighted by Gasteiger charge is 2.33. The zero-order valence-electron chi connectivity index (χ0n) is 84.0. The second kappa shape index (κ2) is 52.2. The number of carbonyl (C=O) groups excluding carboxylic acids is 9. The average Bonchev–Trinajstić information content (AvgIpc) is 0.903. The summed E-state index contributed by atoms with van der Waals surface area (Å²) in [6.07, 6.45) is 12.0. The molecule has 4 aromatic heterocycles. The van der Waals surface area contributed by atoms with Gasteiger partial charge >= 0.3 is 0 Å². The number of benzene rings is 8. The predicted molar refractivity (Wildman–Crippen MR) is 573 cm³/mol. The molecule has 0 unspecified atom stereocenters. The number of carbonyl (C=O) groups is 9. The third-order valence-corrected chi connectivity index (χ3v) is 25.7. The van der Waals surface area contributed by atoms with Crippen LogP contribution in [0.4, 0.5) is 92.0 Å². The van der Waals surface area contributed by atoms with Crippen molar-refractivity contribution in [1.82, 2.24) is 64.4 Å². The van der Waals surface area contributed by atoms with Gasteiger partial charge in [-0.25, -0.2) is 39.9 Å². The van der Waals surface area contributed by atoms with Gasteiger partial charge in [0.2, 0.25) is 77.0 Å². The number of nitrogens with zero attached hydrogens (tertiary/aromatic N) is 17. The van der Waals surface area contributed by atoms with Crippen LogP contribution in [-0.4, -0.2) is 276 Å². The second-order valence-corrected chi connectivity index (χ2v) is 36.4. The molecule has 5 aliphatic heterocycles. The monoisotopic (exact) mass is 1990 g/mol. The van der Waals surface area contributed by atoms with E-state index in [1.807, 2.05) is 194 Å². The summed E-state index contributed by atoms with van der Waals surface area (Å²) in [6.45, 7) is 22.5. The Balaban J connectivity index is 0.000000147. The van der Waals surface area contributed by atoms with Crippen LogP contribution in [0.25, 0.3) is 45.0 Å². The Kier molecular flexibility index (Phi) is 37.3. The number of ether oxygens (including phenoxy) is 3. The van der Waals surface area contributed by atoms with Gasteiger partial charge in [-0.2, -0.15) is 0 Å². The summed E-state index contributed by atoms with van der Waals surface area (Å²) in [7, 11) is 3.22. The number of methoxy groups -OCH3 is 2. The average molecular weight is 1990 g/mol. The predicted octanol–water partition coefficient (Wildman–Crippen LogP) is 14.7. The molecule has 0 spiro atoms. The summed E-state index contributed by atoms with van der Waals surface area (Å²) in [4.78, 5) is 161. The molecule has 8 aromatic carbocycles. The zero-order valence-corrected chi connectivity index (χ0v) is 84.0. The van der Waals surface area contributed by atoms with E-state index < -0.39 is 0 Å². The highest BCUT2D eigenvalue weighted by molar-refractivity contribution is 5.92. The molecule has 5 saturated heterocycles. The summed E-state index contributed by atoms with van der Waals surface area (Å²) >= 11 is 0. The van der Waals surface area contributed by atoms with Gasteiger partial charge in [0.1, 0.15) is 6.61 Å². The number of anilines is 16. The number of nitrogens with one attached hydrogen (secondary N) is 8. The molecule has 6 fully saturated rings. The van der Waals surface area contributed by atoms with Crippen molar-refractivity contribution in [2.75, 3.05) is 221 Å².